The van der Waals surface area contributed by atoms with Crippen LogP contribution in [0.1, 0.15) is 65.2 Å². The Morgan fingerprint density at radius 3 is 2.57 bits per heavy atom. The minimum Gasteiger partial charge on any atom is -0.382 e. The van der Waals surface area contributed by atoms with Gasteiger partial charge in [-0.3, -0.25) is 4.79 Å². The highest BCUT2D eigenvalue weighted by atomic mass is 16.5. The van der Waals surface area contributed by atoms with Gasteiger partial charge in [0.05, 0.1) is 0 Å². The first-order valence-electron chi connectivity index (χ1n) is 9.81. The molecule has 0 aromatic heterocycles. The van der Waals surface area contributed by atoms with Crippen LogP contribution in [0.2, 0.25) is 0 Å². The van der Waals surface area contributed by atoms with Crippen molar-refractivity contribution in [3.05, 3.63) is 0 Å². The van der Waals surface area contributed by atoms with Gasteiger partial charge in [0.1, 0.15) is 0 Å². The minimum absolute atomic E-state index is 0.272. The average molecular weight is 325 g/mol. The van der Waals surface area contributed by atoms with Gasteiger partial charge in [-0.1, -0.05) is 32.6 Å². The molecule has 1 amide bonds. The summed E-state index contributed by atoms with van der Waals surface area (Å²) in [6.45, 7) is 9.33. The highest BCUT2D eigenvalue weighted by molar-refractivity contribution is 5.79. The summed E-state index contributed by atoms with van der Waals surface area (Å²) in [5.74, 6) is 1.15. The van der Waals surface area contributed by atoms with Gasteiger partial charge in [-0.2, -0.15) is 0 Å². The molecule has 1 heterocycles. The molecule has 1 aliphatic carbocycles. The maximum absolute atomic E-state index is 12.5. The highest BCUT2D eigenvalue weighted by Crippen LogP contribution is 2.24. The van der Waals surface area contributed by atoms with Crippen molar-refractivity contribution in [1.82, 2.24) is 10.2 Å². The van der Waals surface area contributed by atoms with Gasteiger partial charge in [0.25, 0.3) is 0 Å². The number of rotatable bonds is 7. The molecular weight excluding hydrogens is 288 g/mol. The molecule has 2 fully saturated rings. The lowest BCUT2D eigenvalue weighted by Crippen LogP contribution is -2.51. The van der Waals surface area contributed by atoms with Crippen molar-refractivity contribution in [2.45, 2.75) is 71.3 Å². The van der Waals surface area contributed by atoms with Crippen LogP contribution in [0.3, 0.4) is 0 Å². The van der Waals surface area contributed by atoms with E-state index in [0.717, 1.165) is 58.5 Å². The molecule has 134 valence electrons. The number of ether oxygens (including phenoxy) is 1. The lowest BCUT2D eigenvalue weighted by Gasteiger charge is -2.37. The second kappa shape index (κ2) is 10.3. The highest BCUT2D eigenvalue weighted by Gasteiger charge is 2.29. The van der Waals surface area contributed by atoms with Crippen LogP contribution in [-0.4, -0.2) is 49.7 Å². The van der Waals surface area contributed by atoms with Gasteiger partial charge >= 0.3 is 0 Å². The van der Waals surface area contributed by atoms with E-state index in [1.807, 2.05) is 6.92 Å². The zero-order valence-corrected chi connectivity index (χ0v) is 15.2. The van der Waals surface area contributed by atoms with E-state index in [4.69, 9.17) is 4.74 Å². The van der Waals surface area contributed by atoms with Crippen LogP contribution in [0.15, 0.2) is 0 Å². The van der Waals surface area contributed by atoms with Crippen LogP contribution < -0.4 is 5.32 Å². The van der Waals surface area contributed by atoms with E-state index in [0.29, 0.717) is 17.9 Å². The van der Waals surface area contributed by atoms with Crippen molar-refractivity contribution in [3.8, 4) is 0 Å². The molecule has 0 radical (unpaired) electrons. The molecule has 0 spiro atoms. The predicted molar refractivity (Wildman–Crippen MR) is 94.5 cm³/mol. The standard InChI is InChI=1S/C19H36N2O2/c1-3-23-14-8-12-21-13-11-18(16(2)15-21)20-19(22)17-9-6-4-5-7-10-17/h16-18H,3-15H2,1-2H3,(H,20,22). The molecule has 1 aliphatic heterocycles. The fourth-order valence-electron chi connectivity index (χ4n) is 4.03. The van der Waals surface area contributed by atoms with Crippen molar-refractivity contribution >= 4 is 5.91 Å². The molecule has 2 rings (SSSR count). The molecule has 0 aromatic carbocycles. The number of carbonyl (C=O) groups excluding carboxylic acids is 1. The summed E-state index contributed by atoms with van der Waals surface area (Å²) in [4.78, 5) is 15.1. The van der Waals surface area contributed by atoms with E-state index in [1.54, 1.807) is 0 Å². The van der Waals surface area contributed by atoms with Crippen LogP contribution in [-0.2, 0) is 9.53 Å². The zero-order valence-electron chi connectivity index (χ0n) is 15.2. The normalized spacial score (nSPS) is 27.6. The quantitative estimate of drug-likeness (QED) is 0.577. The Kier molecular flexibility index (Phi) is 8.38. The molecule has 2 unspecified atom stereocenters. The number of amides is 1. The fourth-order valence-corrected chi connectivity index (χ4v) is 4.03. The second-order valence-electron chi connectivity index (χ2n) is 7.42. The van der Waals surface area contributed by atoms with Crippen molar-refractivity contribution in [2.24, 2.45) is 11.8 Å². The smallest absolute Gasteiger partial charge is 0.223 e. The number of nitrogens with one attached hydrogen (secondary N) is 1. The largest absolute Gasteiger partial charge is 0.382 e. The number of likely N-dealkylation sites (tertiary alicyclic amines) is 1. The van der Waals surface area contributed by atoms with E-state index in [9.17, 15) is 4.79 Å². The van der Waals surface area contributed by atoms with Crippen LogP contribution in [0.5, 0.6) is 0 Å². The zero-order chi connectivity index (χ0) is 16.5. The average Bonchev–Trinajstić information content (AvgIpc) is 2.83. The molecular formula is C19H36N2O2. The maximum atomic E-state index is 12.5. The molecule has 2 atom stereocenters. The summed E-state index contributed by atoms with van der Waals surface area (Å²) in [7, 11) is 0. The van der Waals surface area contributed by atoms with Crippen LogP contribution in [0, 0.1) is 11.8 Å². The predicted octanol–water partition coefficient (Wildman–Crippen LogP) is 3.21. The van der Waals surface area contributed by atoms with Crippen LogP contribution >= 0.6 is 0 Å². The third-order valence-corrected chi connectivity index (χ3v) is 5.51. The lowest BCUT2D eigenvalue weighted by molar-refractivity contribution is -0.126. The van der Waals surface area contributed by atoms with Crippen molar-refractivity contribution in [1.29, 1.82) is 0 Å². The number of carbonyl (C=O) groups is 1. The summed E-state index contributed by atoms with van der Waals surface area (Å²) in [6.07, 6.45) is 9.46. The Balaban J connectivity index is 1.69. The Labute approximate surface area is 142 Å². The van der Waals surface area contributed by atoms with Crippen molar-refractivity contribution < 1.29 is 9.53 Å². The van der Waals surface area contributed by atoms with Gasteiger partial charge in [-0.15, -0.1) is 0 Å². The number of piperidine rings is 1. The van der Waals surface area contributed by atoms with E-state index in [-0.39, 0.29) is 5.92 Å². The Morgan fingerprint density at radius 2 is 1.91 bits per heavy atom. The number of nitrogens with zero attached hydrogens (tertiary/aromatic N) is 1. The van der Waals surface area contributed by atoms with Crippen molar-refractivity contribution in [3.63, 3.8) is 0 Å². The lowest BCUT2D eigenvalue weighted by atomic mass is 9.92. The molecule has 0 bridgehead atoms. The molecule has 1 saturated carbocycles. The van der Waals surface area contributed by atoms with E-state index < -0.39 is 0 Å². The van der Waals surface area contributed by atoms with E-state index >= 15 is 0 Å². The Hall–Kier alpha value is -0.610. The number of hydrogen-bond donors (Lipinski definition) is 1. The molecule has 4 heteroatoms. The van der Waals surface area contributed by atoms with Gasteiger partial charge < -0.3 is 15.0 Å². The molecule has 4 nitrogen and oxygen atoms in total. The summed E-state index contributed by atoms with van der Waals surface area (Å²) >= 11 is 0. The van der Waals surface area contributed by atoms with E-state index in [1.165, 1.54) is 25.7 Å². The summed E-state index contributed by atoms with van der Waals surface area (Å²) in [6, 6.07) is 0.369. The van der Waals surface area contributed by atoms with Gasteiger partial charge in [0.2, 0.25) is 5.91 Å². The fraction of sp³-hybridized carbons (Fsp3) is 0.947. The molecule has 1 saturated heterocycles. The topological polar surface area (TPSA) is 41.6 Å². The summed E-state index contributed by atoms with van der Waals surface area (Å²) < 4.78 is 5.42. The first-order valence-corrected chi connectivity index (χ1v) is 9.81. The van der Waals surface area contributed by atoms with Gasteiger partial charge in [0.15, 0.2) is 0 Å². The summed E-state index contributed by atoms with van der Waals surface area (Å²) in [5.41, 5.74) is 0. The third-order valence-electron chi connectivity index (χ3n) is 5.51. The third kappa shape index (κ3) is 6.42. The Bertz CT molecular complexity index is 340. The second-order valence-corrected chi connectivity index (χ2v) is 7.42. The molecule has 0 aromatic rings. The Morgan fingerprint density at radius 1 is 1.17 bits per heavy atom. The first kappa shape index (κ1) is 18.7. The molecule has 2 aliphatic rings. The van der Waals surface area contributed by atoms with Crippen LogP contribution in [0.4, 0.5) is 0 Å². The molecule has 1 N–H and O–H groups in total. The van der Waals surface area contributed by atoms with Crippen molar-refractivity contribution in [2.75, 3.05) is 32.8 Å². The summed E-state index contributed by atoms with van der Waals surface area (Å²) in [5, 5.41) is 3.37. The maximum Gasteiger partial charge on any atom is 0.223 e. The molecule has 23 heavy (non-hydrogen) atoms. The SMILES string of the molecule is CCOCCCN1CCC(NC(=O)C2CCCCCC2)C(C)C1. The van der Waals surface area contributed by atoms with Gasteiger partial charge in [-0.25, -0.2) is 0 Å². The monoisotopic (exact) mass is 324 g/mol. The minimum atomic E-state index is 0.272. The number of hydrogen-bond acceptors (Lipinski definition) is 3. The van der Waals surface area contributed by atoms with Crippen LogP contribution in [0.25, 0.3) is 0 Å². The van der Waals surface area contributed by atoms with Gasteiger partial charge in [0, 0.05) is 44.8 Å². The first-order chi connectivity index (χ1) is 11.2. The van der Waals surface area contributed by atoms with Gasteiger partial charge in [-0.05, 0) is 38.5 Å². The van der Waals surface area contributed by atoms with E-state index in [2.05, 4.69) is 17.1 Å².